The van der Waals surface area contributed by atoms with Gasteiger partial charge in [-0.1, -0.05) is 11.6 Å². The van der Waals surface area contributed by atoms with E-state index in [0.29, 0.717) is 41.7 Å². The molecule has 1 N–H and O–H groups in total. The molecule has 2 fully saturated rings. The summed E-state index contributed by atoms with van der Waals surface area (Å²) >= 11 is 6.22. The lowest BCUT2D eigenvalue weighted by molar-refractivity contribution is -0.0840. The van der Waals surface area contributed by atoms with E-state index in [9.17, 15) is 5.26 Å². The highest BCUT2D eigenvalue weighted by Gasteiger charge is 2.61. The fraction of sp³-hybridized carbons (Fsp3) is 0.526. The van der Waals surface area contributed by atoms with Crippen molar-refractivity contribution in [2.24, 2.45) is 11.3 Å². The third-order valence-corrected chi connectivity index (χ3v) is 7.02. The van der Waals surface area contributed by atoms with Crippen LogP contribution in [0.1, 0.15) is 37.4 Å². The Morgan fingerprint density at radius 2 is 2.31 bits per heavy atom. The van der Waals surface area contributed by atoms with Gasteiger partial charge in [-0.15, -0.1) is 5.10 Å². The van der Waals surface area contributed by atoms with Crippen molar-refractivity contribution in [3.63, 3.8) is 0 Å². The average molecular weight is 411 g/mol. The maximum absolute atomic E-state index is 9.52. The van der Waals surface area contributed by atoms with Gasteiger partial charge in [0.25, 0.3) is 5.88 Å². The van der Waals surface area contributed by atoms with E-state index >= 15 is 0 Å². The lowest BCUT2D eigenvalue weighted by atomic mass is 9.46. The first-order valence-corrected chi connectivity index (χ1v) is 10.3. The molecule has 1 aliphatic heterocycles. The summed E-state index contributed by atoms with van der Waals surface area (Å²) in [5, 5.41) is 23.1. The zero-order chi connectivity index (χ0) is 19.8. The van der Waals surface area contributed by atoms with Gasteiger partial charge < -0.3 is 10.1 Å². The summed E-state index contributed by atoms with van der Waals surface area (Å²) in [5.74, 6) is 1.39. The molecule has 3 unspecified atom stereocenters. The lowest BCUT2D eigenvalue weighted by Gasteiger charge is -2.59. The van der Waals surface area contributed by atoms with Crippen LogP contribution in [-0.4, -0.2) is 36.1 Å². The first-order chi connectivity index (χ1) is 14.1. The molecule has 2 bridgehead atoms. The molecule has 148 valence electrons. The van der Waals surface area contributed by atoms with Crippen molar-refractivity contribution >= 4 is 34.3 Å². The maximum atomic E-state index is 9.52. The molecule has 0 saturated heterocycles. The zero-order valence-electron chi connectivity index (χ0n) is 15.9. The number of aryl methyl sites for hydroxylation is 1. The number of aromatic nitrogens is 6. The van der Waals surface area contributed by atoms with Crippen LogP contribution in [0.4, 0.5) is 11.6 Å². The van der Waals surface area contributed by atoms with Gasteiger partial charge >= 0.3 is 0 Å². The smallest absolute Gasteiger partial charge is 0.257 e. The number of nitriles is 1. The van der Waals surface area contributed by atoms with Gasteiger partial charge in [0.15, 0.2) is 10.8 Å². The Morgan fingerprint density at radius 3 is 3.07 bits per heavy atom. The SMILES string of the molecule is Cc1c2c(nn1C1CC3(C#N)CCC13)OCCCn1nc(Cl)c3cnc(nc31)N2. The Hall–Kier alpha value is -2.86. The van der Waals surface area contributed by atoms with Crippen LogP contribution in [0, 0.1) is 29.6 Å². The van der Waals surface area contributed by atoms with Crippen LogP contribution in [0.15, 0.2) is 6.20 Å². The number of hydrogen-bond acceptors (Lipinski definition) is 7. The number of fused-ring (bicyclic) bond motifs is 3. The van der Waals surface area contributed by atoms with Gasteiger partial charge in [-0.25, -0.2) is 9.67 Å². The Labute approximate surface area is 171 Å². The van der Waals surface area contributed by atoms with Crippen LogP contribution >= 0.6 is 11.6 Å². The van der Waals surface area contributed by atoms with E-state index in [1.165, 1.54) is 0 Å². The third kappa shape index (κ3) is 2.26. The minimum Gasteiger partial charge on any atom is -0.475 e. The molecule has 6 rings (SSSR count). The fourth-order valence-corrected chi connectivity index (χ4v) is 5.19. The minimum atomic E-state index is -0.135. The van der Waals surface area contributed by atoms with E-state index in [4.69, 9.17) is 21.4 Å². The minimum absolute atomic E-state index is 0.135. The number of halogens is 1. The molecule has 0 radical (unpaired) electrons. The third-order valence-electron chi connectivity index (χ3n) is 6.74. The maximum Gasteiger partial charge on any atom is 0.257 e. The molecule has 3 atom stereocenters. The Balaban J connectivity index is 1.40. The lowest BCUT2D eigenvalue weighted by Crippen LogP contribution is -2.55. The van der Waals surface area contributed by atoms with E-state index in [0.717, 1.165) is 42.5 Å². The molecule has 10 heteroatoms. The fourth-order valence-electron chi connectivity index (χ4n) is 4.96. The number of rotatable bonds is 1. The summed E-state index contributed by atoms with van der Waals surface area (Å²) in [6, 6.07) is 2.78. The quantitative estimate of drug-likeness (QED) is 0.655. The summed E-state index contributed by atoms with van der Waals surface area (Å²) in [6.45, 7) is 3.17. The number of nitrogens with one attached hydrogen (secondary N) is 1. The normalized spacial score (nSPS) is 27.5. The van der Waals surface area contributed by atoms with Gasteiger partial charge in [0.2, 0.25) is 5.95 Å². The Kier molecular flexibility index (Phi) is 3.42. The predicted molar refractivity (Wildman–Crippen MR) is 105 cm³/mol. The Bertz CT molecular complexity index is 1190. The predicted octanol–water partition coefficient (Wildman–Crippen LogP) is 3.38. The number of ether oxygens (including phenoxy) is 1. The Morgan fingerprint density at radius 1 is 1.41 bits per heavy atom. The summed E-state index contributed by atoms with van der Waals surface area (Å²) in [4.78, 5) is 9.03. The monoisotopic (exact) mass is 410 g/mol. The summed E-state index contributed by atoms with van der Waals surface area (Å²) in [6.07, 6.45) is 5.39. The topological polar surface area (TPSA) is 106 Å². The van der Waals surface area contributed by atoms with Crippen molar-refractivity contribution < 1.29 is 4.74 Å². The second-order valence-corrected chi connectivity index (χ2v) is 8.52. The molecule has 0 aromatic carbocycles. The molecule has 0 spiro atoms. The molecular weight excluding hydrogens is 392 g/mol. The van der Waals surface area contributed by atoms with Gasteiger partial charge in [-0.05, 0) is 26.2 Å². The molecule has 3 aliphatic rings. The van der Waals surface area contributed by atoms with Gasteiger partial charge in [-0.3, -0.25) is 4.68 Å². The first kappa shape index (κ1) is 17.0. The highest BCUT2D eigenvalue weighted by molar-refractivity contribution is 6.34. The van der Waals surface area contributed by atoms with Gasteiger partial charge in [0.1, 0.15) is 5.69 Å². The van der Waals surface area contributed by atoms with Crippen molar-refractivity contribution in [3.8, 4) is 11.9 Å². The molecular formula is C19H19ClN8O. The molecule has 2 saturated carbocycles. The second kappa shape index (κ2) is 5.83. The van der Waals surface area contributed by atoms with E-state index in [1.807, 2.05) is 11.6 Å². The number of nitrogens with zero attached hydrogens (tertiary/aromatic N) is 7. The van der Waals surface area contributed by atoms with E-state index in [-0.39, 0.29) is 11.5 Å². The summed E-state index contributed by atoms with van der Waals surface area (Å²) in [7, 11) is 0. The van der Waals surface area contributed by atoms with E-state index in [1.54, 1.807) is 10.9 Å². The second-order valence-electron chi connectivity index (χ2n) is 8.17. The first-order valence-electron chi connectivity index (χ1n) is 9.89. The van der Waals surface area contributed by atoms with Crippen LogP contribution < -0.4 is 10.1 Å². The van der Waals surface area contributed by atoms with Crippen molar-refractivity contribution in [2.45, 2.75) is 45.2 Å². The molecule has 4 heterocycles. The van der Waals surface area contributed by atoms with Crippen LogP contribution in [0.5, 0.6) is 5.88 Å². The van der Waals surface area contributed by atoms with Crippen molar-refractivity contribution in [2.75, 3.05) is 11.9 Å². The molecule has 3 aromatic rings. The number of hydrogen-bond donors (Lipinski definition) is 1. The molecule has 3 aromatic heterocycles. The van der Waals surface area contributed by atoms with Crippen LogP contribution in [-0.2, 0) is 6.54 Å². The van der Waals surface area contributed by atoms with Crippen molar-refractivity contribution in [1.29, 1.82) is 5.26 Å². The highest BCUT2D eigenvalue weighted by Crippen LogP contribution is 2.66. The van der Waals surface area contributed by atoms with Crippen LogP contribution in [0.25, 0.3) is 11.0 Å². The van der Waals surface area contributed by atoms with Crippen molar-refractivity contribution in [3.05, 3.63) is 17.0 Å². The zero-order valence-corrected chi connectivity index (χ0v) is 16.6. The van der Waals surface area contributed by atoms with Gasteiger partial charge in [-0.2, -0.15) is 15.3 Å². The standard InChI is InChI=1S/C19H19ClN8O/c1-10-14-17(26-28(10)13-7-19(9-21)4-3-12(13)19)29-6-2-5-27-16-11(15(20)25-27)8-22-18(23-14)24-16/h8,12-13H,2-7H2,1H3,(H,22,23,24). The molecule has 0 amide bonds. The van der Waals surface area contributed by atoms with Gasteiger partial charge in [0.05, 0.1) is 35.2 Å². The molecule has 29 heavy (non-hydrogen) atoms. The van der Waals surface area contributed by atoms with Crippen LogP contribution in [0.3, 0.4) is 0 Å². The largest absolute Gasteiger partial charge is 0.475 e. The number of anilines is 2. The van der Waals surface area contributed by atoms with E-state index in [2.05, 4.69) is 26.5 Å². The van der Waals surface area contributed by atoms with E-state index < -0.39 is 0 Å². The molecule has 2 aliphatic carbocycles. The van der Waals surface area contributed by atoms with Gasteiger partial charge in [0, 0.05) is 25.1 Å². The van der Waals surface area contributed by atoms with Crippen LogP contribution in [0.2, 0.25) is 5.15 Å². The van der Waals surface area contributed by atoms with Crippen molar-refractivity contribution in [1.82, 2.24) is 29.5 Å². The highest BCUT2D eigenvalue weighted by atomic mass is 35.5. The summed E-state index contributed by atoms with van der Waals surface area (Å²) < 4.78 is 9.84. The summed E-state index contributed by atoms with van der Waals surface area (Å²) in [5.41, 5.74) is 2.31. The average Bonchev–Trinajstić information content (AvgIpc) is 3.17. The molecule has 9 nitrogen and oxygen atoms in total.